The minimum Gasteiger partial charge on any atom is -0.334 e. The van der Waals surface area contributed by atoms with Crippen LogP contribution in [0.3, 0.4) is 0 Å². The van der Waals surface area contributed by atoms with Gasteiger partial charge in [-0.3, -0.25) is 0 Å². The lowest BCUT2D eigenvalue weighted by molar-refractivity contribution is 0.306. The summed E-state index contributed by atoms with van der Waals surface area (Å²) in [6.45, 7) is 2.80. The highest BCUT2D eigenvalue weighted by atomic mass is 79.9. The summed E-state index contributed by atoms with van der Waals surface area (Å²) >= 11 is 3.30. The summed E-state index contributed by atoms with van der Waals surface area (Å²) < 4.78 is 19.7. The molecule has 0 saturated carbocycles. The van der Waals surface area contributed by atoms with Gasteiger partial charge < -0.3 is 15.2 Å². The number of halogens is 2. The van der Waals surface area contributed by atoms with Gasteiger partial charge >= 0.3 is 0 Å². The standard InChI is InChI=1S/C14H16BrFN4O/c15-9-3-4-11(16)10(7-9)14-18-13(19-21-14)12(17)8-20-5-1-2-6-20/h3-4,7,12H,1-2,5-6,8,17H2. The van der Waals surface area contributed by atoms with E-state index >= 15 is 0 Å². The smallest absolute Gasteiger partial charge is 0.260 e. The van der Waals surface area contributed by atoms with Crippen LogP contribution in [0.5, 0.6) is 0 Å². The molecule has 0 amide bonds. The van der Waals surface area contributed by atoms with Gasteiger partial charge in [-0.05, 0) is 44.1 Å². The van der Waals surface area contributed by atoms with E-state index in [4.69, 9.17) is 10.3 Å². The molecule has 1 unspecified atom stereocenters. The maximum atomic E-state index is 13.8. The zero-order valence-electron chi connectivity index (χ0n) is 11.4. The highest BCUT2D eigenvalue weighted by Crippen LogP contribution is 2.25. The van der Waals surface area contributed by atoms with Crippen molar-refractivity contribution in [1.82, 2.24) is 15.0 Å². The SMILES string of the molecule is NC(CN1CCCC1)c1noc(-c2cc(Br)ccc2F)n1. The Kier molecular flexibility index (Phi) is 4.32. The molecule has 0 spiro atoms. The van der Waals surface area contributed by atoms with E-state index in [2.05, 4.69) is 31.0 Å². The Bertz CT molecular complexity index is 627. The van der Waals surface area contributed by atoms with Crippen molar-refractivity contribution in [3.63, 3.8) is 0 Å². The Labute approximate surface area is 130 Å². The maximum Gasteiger partial charge on any atom is 0.260 e. The van der Waals surface area contributed by atoms with Crippen molar-refractivity contribution in [3.8, 4) is 11.5 Å². The Balaban J connectivity index is 1.77. The van der Waals surface area contributed by atoms with Gasteiger partial charge in [-0.1, -0.05) is 21.1 Å². The van der Waals surface area contributed by atoms with Crippen molar-refractivity contribution in [1.29, 1.82) is 0 Å². The molecule has 0 bridgehead atoms. The third-order valence-electron chi connectivity index (χ3n) is 3.59. The highest BCUT2D eigenvalue weighted by molar-refractivity contribution is 9.10. The van der Waals surface area contributed by atoms with Crippen LogP contribution in [-0.4, -0.2) is 34.7 Å². The minimum absolute atomic E-state index is 0.153. The van der Waals surface area contributed by atoms with Gasteiger partial charge in [0, 0.05) is 11.0 Å². The largest absolute Gasteiger partial charge is 0.334 e. The molecule has 2 heterocycles. The lowest BCUT2D eigenvalue weighted by Gasteiger charge is -2.17. The first-order chi connectivity index (χ1) is 10.1. The van der Waals surface area contributed by atoms with E-state index in [-0.39, 0.29) is 17.5 Å². The molecule has 7 heteroatoms. The van der Waals surface area contributed by atoms with Crippen LogP contribution in [0.2, 0.25) is 0 Å². The molecule has 1 fully saturated rings. The summed E-state index contributed by atoms with van der Waals surface area (Å²) in [4.78, 5) is 6.51. The average molecular weight is 355 g/mol. The van der Waals surface area contributed by atoms with Crippen molar-refractivity contribution in [2.24, 2.45) is 5.73 Å². The molecule has 21 heavy (non-hydrogen) atoms. The van der Waals surface area contributed by atoms with E-state index in [1.807, 2.05) is 0 Å². The summed E-state index contributed by atoms with van der Waals surface area (Å²) in [5.74, 6) is 0.165. The minimum atomic E-state index is -0.401. The highest BCUT2D eigenvalue weighted by Gasteiger charge is 2.21. The van der Waals surface area contributed by atoms with Crippen LogP contribution in [0.15, 0.2) is 27.2 Å². The fourth-order valence-electron chi connectivity index (χ4n) is 2.48. The van der Waals surface area contributed by atoms with Gasteiger partial charge in [0.15, 0.2) is 5.82 Å². The van der Waals surface area contributed by atoms with Gasteiger partial charge in [0.1, 0.15) is 5.82 Å². The van der Waals surface area contributed by atoms with Crippen LogP contribution in [-0.2, 0) is 0 Å². The van der Waals surface area contributed by atoms with E-state index in [1.54, 1.807) is 12.1 Å². The Morgan fingerprint density at radius 3 is 2.90 bits per heavy atom. The summed E-state index contributed by atoms with van der Waals surface area (Å²) in [5, 5.41) is 3.89. The molecule has 2 aromatic rings. The first-order valence-electron chi connectivity index (χ1n) is 6.90. The van der Waals surface area contributed by atoms with Crippen LogP contribution < -0.4 is 5.73 Å². The number of benzene rings is 1. The normalized spacial score (nSPS) is 17.3. The maximum absolute atomic E-state index is 13.8. The van der Waals surface area contributed by atoms with E-state index in [0.29, 0.717) is 12.4 Å². The van der Waals surface area contributed by atoms with Gasteiger partial charge in [0.25, 0.3) is 5.89 Å². The summed E-state index contributed by atoms with van der Waals surface area (Å²) in [6, 6.07) is 4.26. The van der Waals surface area contributed by atoms with E-state index in [9.17, 15) is 4.39 Å². The van der Waals surface area contributed by atoms with E-state index in [0.717, 1.165) is 17.6 Å². The average Bonchev–Trinajstić information content (AvgIpc) is 3.12. The Hall–Kier alpha value is -1.31. The van der Waals surface area contributed by atoms with E-state index in [1.165, 1.54) is 18.9 Å². The molecule has 1 atom stereocenters. The number of nitrogens with two attached hydrogens (primary N) is 1. The molecule has 1 aromatic heterocycles. The lowest BCUT2D eigenvalue weighted by atomic mass is 10.2. The monoisotopic (exact) mass is 354 g/mol. The lowest BCUT2D eigenvalue weighted by Crippen LogP contribution is -2.30. The van der Waals surface area contributed by atoms with Crippen molar-refractivity contribution < 1.29 is 8.91 Å². The van der Waals surface area contributed by atoms with Crippen molar-refractivity contribution in [2.45, 2.75) is 18.9 Å². The van der Waals surface area contributed by atoms with Gasteiger partial charge in [0.05, 0.1) is 11.6 Å². The molecule has 112 valence electrons. The molecule has 1 aromatic carbocycles. The van der Waals surface area contributed by atoms with Crippen LogP contribution in [0.25, 0.3) is 11.5 Å². The van der Waals surface area contributed by atoms with Crippen molar-refractivity contribution in [2.75, 3.05) is 19.6 Å². The number of rotatable bonds is 4. The number of aromatic nitrogens is 2. The van der Waals surface area contributed by atoms with E-state index < -0.39 is 5.82 Å². The molecule has 1 saturated heterocycles. The zero-order chi connectivity index (χ0) is 14.8. The summed E-state index contributed by atoms with van der Waals surface area (Å²) in [6.07, 6.45) is 2.40. The predicted molar refractivity (Wildman–Crippen MR) is 80.0 cm³/mol. The second-order valence-corrected chi connectivity index (χ2v) is 6.11. The number of hydrogen-bond donors (Lipinski definition) is 1. The topological polar surface area (TPSA) is 68.2 Å². The van der Waals surface area contributed by atoms with Crippen LogP contribution in [0, 0.1) is 5.82 Å². The number of nitrogens with zero attached hydrogens (tertiary/aromatic N) is 3. The fraction of sp³-hybridized carbons (Fsp3) is 0.429. The zero-order valence-corrected chi connectivity index (χ0v) is 13.0. The van der Waals surface area contributed by atoms with Gasteiger partial charge in [-0.2, -0.15) is 4.98 Å². The predicted octanol–water partition coefficient (Wildman–Crippen LogP) is 2.73. The second-order valence-electron chi connectivity index (χ2n) is 5.20. The molecule has 2 N–H and O–H groups in total. The molecule has 3 rings (SSSR count). The third-order valence-corrected chi connectivity index (χ3v) is 4.08. The van der Waals surface area contributed by atoms with Crippen molar-refractivity contribution >= 4 is 15.9 Å². The van der Waals surface area contributed by atoms with Gasteiger partial charge in [0.2, 0.25) is 0 Å². The van der Waals surface area contributed by atoms with Gasteiger partial charge in [-0.25, -0.2) is 4.39 Å². The van der Waals surface area contributed by atoms with Crippen LogP contribution >= 0.6 is 15.9 Å². The molecule has 0 radical (unpaired) electrons. The Morgan fingerprint density at radius 2 is 2.14 bits per heavy atom. The second kappa shape index (κ2) is 6.21. The molecular formula is C14H16BrFN4O. The fourth-order valence-corrected chi connectivity index (χ4v) is 2.84. The summed E-state index contributed by atoms with van der Waals surface area (Å²) in [5.41, 5.74) is 6.38. The van der Waals surface area contributed by atoms with Crippen LogP contribution in [0.1, 0.15) is 24.7 Å². The molecule has 1 aliphatic rings. The molecule has 0 aliphatic carbocycles. The first-order valence-corrected chi connectivity index (χ1v) is 7.70. The molecular weight excluding hydrogens is 339 g/mol. The van der Waals surface area contributed by atoms with Crippen LogP contribution in [0.4, 0.5) is 4.39 Å². The molecule has 1 aliphatic heterocycles. The first kappa shape index (κ1) is 14.6. The Morgan fingerprint density at radius 1 is 1.38 bits per heavy atom. The van der Waals surface area contributed by atoms with Gasteiger partial charge in [-0.15, -0.1) is 0 Å². The van der Waals surface area contributed by atoms with Crippen molar-refractivity contribution in [3.05, 3.63) is 34.3 Å². The third kappa shape index (κ3) is 3.30. The number of likely N-dealkylation sites (tertiary alicyclic amines) is 1. The quantitative estimate of drug-likeness (QED) is 0.914. The molecule has 5 nitrogen and oxygen atoms in total. The number of hydrogen-bond acceptors (Lipinski definition) is 5. The summed E-state index contributed by atoms with van der Waals surface area (Å²) in [7, 11) is 0.